The van der Waals surface area contributed by atoms with Crippen molar-refractivity contribution in [3.8, 4) is 0 Å². The van der Waals surface area contributed by atoms with Gasteiger partial charge >= 0.3 is 12.1 Å². The molecule has 1 rings (SSSR count). The van der Waals surface area contributed by atoms with Crippen LogP contribution in [-0.2, 0) is 9.53 Å². The zero-order valence-corrected chi connectivity index (χ0v) is 8.49. The van der Waals surface area contributed by atoms with Crippen molar-refractivity contribution in [2.75, 3.05) is 13.2 Å². The van der Waals surface area contributed by atoms with Crippen LogP contribution in [0.4, 0.5) is 13.2 Å². The SMILES string of the molecule is CCOC(=O)C1(CC(F)(F)F)CCCN1. The molecule has 1 heterocycles. The van der Waals surface area contributed by atoms with Crippen molar-refractivity contribution in [2.24, 2.45) is 0 Å². The molecule has 0 aromatic rings. The predicted octanol–water partition coefficient (Wildman–Crippen LogP) is 1.62. The van der Waals surface area contributed by atoms with Crippen LogP contribution in [0, 0.1) is 0 Å². The molecule has 1 unspecified atom stereocenters. The van der Waals surface area contributed by atoms with Gasteiger partial charge in [0.1, 0.15) is 5.54 Å². The molecule has 0 saturated carbocycles. The number of ether oxygens (including phenoxy) is 1. The molecule has 1 aliphatic rings. The number of hydrogen-bond donors (Lipinski definition) is 1. The number of esters is 1. The van der Waals surface area contributed by atoms with Crippen molar-refractivity contribution in [1.29, 1.82) is 0 Å². The fraction of sp³-hybridized carbons (Fsp3) is 0.889. The monoisotopic (exact) mass is 225 g/mol. The molecular weight excluding hydrogens is 211 g/mol. The second-order valence-electron chi connectivity index (χ2n) is 3.62. The lowest BCUT2D eigenvalue weighted by Crippen LogP contribution is -2.51. The summed E-state index contributed by atoms with van der Waals surface area (Å²) in [6.07, 6.45) is -4.76. The van der Waals surface area contributed by atoms with Crippen LogP contribution in [0.1, 0.15) is 26.2 Å². The summed E-state index contributed by atoms with van der Waals surface area (Å²) in [5, 5.41) is 2.62. The van der Waals surface area contributed by atoms with Gasteiger partial charge in [0.2, 0.25) is 0 Å². The van der Waals surface area contributed by atoms with E-state index in [1.807, 2.05) is 0 Å². The number of nitrogens with one attached hydrogen (secondary N) is 1. The third kappa shape index (κ3) is 3.09. The van der Waals surface area contributed by atoms with Crippen LogP contribution in [0.15, 0.2) is 0 Å². The Labute approximate surface area is 86.0 Å². The van der Waals surface area contributed by atoms with Gasteiger partial charge in [-0.05, 0) is 26.3 Å². The molecule has 0 radical (unpaired) electrons. The van der Waals surface area contributed by atoms with Crippen LogP contribution in [0.3, 0.4) is 0 Å². The lowest BCUT2D eigenvalue weighted by atomic mass is 9.93. The van der Waals surface area contributed by atoms with Crippen LogP contribution in [0.5, 0.6) is 0 Å². The smallest absolute Gasteiger partial charge is 0.391 e. The van der Waals surface area contributed by atoms with Crippen molar-refractivity contribution >= 4 is 5.97 Å². The van der Waals surface area contributed by atoms with Crippen LogP contribution in [-0.4, -0.2) is 30.8 Å². The normalized spacial score (nSPS) is 26.7. The topological polar surface area (TPSA) is 38.3 Å². The van der Waals surface area contributed by atoms with Crippen molar-refractivity contribution in [3.05, 3.63) is 0 Å². The fourth-order valence-corrected chi connectivity index (χ4v) is 1.81. The molecule has 0 aromatic heterocycles. The first-order chi connectivity index (χ1) is 6.90. The van der Waals surface area contributed by atoms with Crippen LogP contribution < -0.4 is 5.32 Å². The van der Waals surface area contributed by atoms with E-state index in [-0.39, 0.29) is 13.0 Å². The van der Waals surface area contributed by atoms with Gasteiger partial charge in [-0.1, -0.05) is 0 Å². The Morgan fingerprint density at radius 3 is 2.60 bits per heavy atom. The third-order valence-corrected chi connectivity index (χ3v) is 2.41. The molecule has 6 heteroatoms. The molecule has 1 N–H and O–H groups in total. The minimum Gasteiger partial charge on any atom is -0.465 e. The molecule has 0 aliphatic carbocycles. The van der Waals surface area contributed by atoms with Gasteiger partial charge in [0, 0.05) is 0 Å². The largest absolute Gasteiger partial charge is 0.465 e. The Balaban J connectivity index is 2.74. The zero-order chi connectivity index (χ0) is 11.5. The van der Waals surface area contributed by atoms with E-state index in [0.717, 1.165) is 0 Å². The Morgan fingerprint density at radius 1 is 1.53 bits per heavy atom. The van der Waals surface area contributed by atoms with E-state index in [0.29, 0.717) is 13.0 Å². The van der Waals surface area contributed by atoms with Crippen LogP contribution in [0.25, 0.3) is 0 Å². The van der Waals surface area contributed by atoms with E-state index in [4.69, 9.17) is 0 Å². The summed E-state index contributed by atoms with van der Waals surface area (Å²) < 4.78 is 41.6. The average molecular weight is 225 g/mol. The minimum atomic E-state index is -4.36. The van der Waals surface area contributed by atoms with E-state index >= 15 is 0 Å². The Kier molecular flexibility index (Phi) is 3.59. The molecule has 0 bridgehead atoms. The molecule has 1 aliphatic heterocycles. The second-order valence-corrected chi connectivity index (χ2v) is 3.62. The molecule has 0 spiro atoms. The van der Waals surface area contributed by atoms with Crippen molar-refractivity contribution in [2.45, 2.75) is 37.9 Å². The molecule has 1 fully saturated rings. The third-order valence-electron chi connectivity index (χ3n) is 2.41. The predicted molar refractivity (Wildman–Crippen MR) is 47.3 cm³/mol. The van der Waals surface area contributed by atoms with E-state index < -0.39 is 24.1 Å². The summed E-state index contributed by atoms with van der Waals surface area (Å²) >= 11 is 0. The summed E-state index contributed by atoms with van der Waals surface area (Å²) in [6.45, 7) is 2.10. The van der Waals surface area contributed by atoms with Gasteiger partial charge in [-0.2, -0.15) is 13.2 Å². The van der Waals surface area contributed by atoms with Gasteiger partial charge in [-0.15, -0.1) is 0 Å². The molecule has 0 aromatic carbocycles. The number of alkyl halides is 3. The van der Waals surface area contributed by atoms with Gasteiger partial charge in [-0.3, -0.25) is 4.79 Å². The number of halogens is 3. The lowest BCUT2D eigenvalue weighted by Gasteiger charge is -2.27. The number of hydrogen-bond acceptors (Lipinski definition) is 3. The quantitative estimate of drug-likeness (QED) is 0.742. The zero-order valence-electron chi connectivity index (χ0n) is 8.49. The number of carbonyl (C=O) groups is 1. The molecule has 0 amide bonds. The first kappa shape index (κ1) is 12.3. The highest BCUT2D eigenvalue weighted by Crippen LogP contribution is 2.34. The van der Waals surface area contributed by atoms with E-state index in [9.17, 15) is 18.0 Å². The molecule has 3 nitrogen and oxygen atoms in total. The Bertz CT molecular complexity index is 234. The van der Waals surface area contributed by atoms with Gasteiger partial charge < -0.3 is 10.1 Å². The molecule has 88 valence electrons. The second kappa shape index (κ2) is 4.38. The lowest BCUT2D eigenvalue weighted by molar-refractivity contribution is -0.172. The summed E-state index contributed by atoms with van der Waals surface area (Å²) in [4.78, 5) is 11.5. The highest BCUT2D eigenvalue weighted by atomic mass is 19.4. The minimum absolute atomic E-state index is 0.0973. The summed E-state index contributed by atoms with van der Waals surface area (Å²) in [5.74, 6) is -0.792. The van der Waals surface area contributed by atoms with Gasteiger partial charge in [0.15, 0.2) is 0 Å². The van der Waals surface area contributed by atoms with Crippen molar-refractivity contribution in [1.82, 2.24) is 5.32 Å². The summed E-state index contributed by atoms with van der Waals surface area (Å²) in [5.41, 5.74) is -1.55. The summed E-state index contributed by atoms with van der Waals surface area (Å²) in [6, 6.07) is 0. The molecule has 1 saturated heterocycles. The average Bonchev–Trinajstić information content (AvgIpc) is 2.51. The number of rotatable bonds is 3. The maximum absolute atomic E-state index is 12.3. The van der Waals surface area contributed by atoms with E-state index in [1.54, 1.807) is 6.92 Å². The van der Waals surface area contributed by atoms with Crippen LogP contribution >= 0.6 is 0 Å². The molecule has 1 atom stereocenters. The molecule has 15 heavy (non-hydrogen) atoms. The van der Waals surface area contributed by atoms with Crippen molar-refractivity contribution < 1.29 is 22.7 Å². The maximum atomic E-state index is 12.3. The van der Waals surface area contributed by atoms with Gasteiger partial charge in [0.25, 0.3) is 0 Å². The Morgan fingerprint density at radius 2 is 2.20 bits per heavy atom. The molecular formula is C9H14F3NO2. The first-order valence-electron chi connectivity index (χ1n) is 4.89. The van der Waals surface area contributed by atoms with Crippen LogP contribution in [0.2, 0.25) is 0 Å². The fourth-order valence-electron chi connectivity index (χ4n) is 1.81. The first-order valence-corrected chi connectivity index (χ1v) is 4.89. The highest BCUT2D eigenvalue weighted by molar-refractivity contribution is 5.81. The van der Waals surface area contributed by atoms with Crippen molar-refractivity contribution in [3.63, 3.8) is 0 Å². The Hall–Kier alpha value is -0.780. The maximum Gasteiger partial charge on any atom is 0.391 e. The standard InChI is InChI=1S/C9H14F3NO2/c1-2-15-7(14)8(4-3-5-13-8)6-9(10,11)12/h13H,2-6H2,1H3. The van der Waals surface area contributed by atoms with E-state index in [1.165, 1.54) is 0 Å². The summed E-state index contributed by atoms with van der Waals surface area (Å²) in [7, 11) is 0. The van der Waals surface area contributed by atoms with Gasteiger partial charge in [0.05, 0.1) is 13.0 Å². The highest BCUT2D eigenvalue weighted by Gasteiger charge is 2.50. The van der Waals surface area contributed by atoms with E-state index in [2.05, 4.69) is 10.1 Å². The van der Waals surface area contributed by atoms with Gasteiger partial charge in [-0.25, -0.2) is 0 Å². The number of carbonyl (C=O) groups excluding carboxylic acids is 1.